The third-order valence-corrected chi connectivity index (χ3v) is 9.44. The summed E-state index contributed by atoms with van der Waals surface area (Å²) in [7, 11) is 0. The van der Waals surface area contributed by atoms with E-state index in [1.807, 2.05) is 27.7 Å². The van der Waals surface area contributed by atoms with E-state index in [9.17, 15) is 28.8 Å². The predicted molar refractivity (Wildman–Crippen MR) is 179 cm³/mol. The molecule has 0 saturated carbocycles. The molecule has 4 aliphatic rings. The first-order valence-electron chi connectivity index (χ1n) is 17.7. The Morgan fingerprint density at radius 2 is 0.882 bits per heavy atom. The topological polar surface area (TPSA) is 188 Å². The highest BCUT2D eigenvalue weighted by Gasteiger charge is 2.45. The highest BCUT2D eigenvalue weighted by atomic mass is 16.7. The standard InChI is InChI=1S/C35H56N4O12/c1-31(2,15-33(5,6)17-36-29(44)50-38-23(40)9-10-24(38)41)13-27-46-19-35(20-47-27)21-48-28(49-22-35)14-32(3,4)16-34(7,8)18-37-30(45)51-39-25(42)11-12-26(39)43/h27-28H,9-22H2,1-8H3,(H,36,44)(H,37,45). The summed E-state index contributed by atoms with van der Waals surface area (Å²) >= 11 is 0. The van der Waals surface area contributed by atoms with Crippen molar-refractivity contribution in [1.29, 1.82) is 0 Å². The molecule has 0 radical (unpaired) electrons. The molecule has 0 unspecified atom stereocenters. The van der Waals surface area contributed by atoms with E-state index in [2.05, 4.69) is 38.3 Å². The van der Waals surface area contributed by atoms with E-state index in [0.29, 0.717) is 49.4 Å². The van der Waals surface area contributed by atoms with Crippen LogP contribution in [0.4, 0.5) is 9.59 Å². The fourth-order valence-electron chi connectivity index (χ4n) is 7.59. The van der Waals surface area contributed by atoms with Gasteiger partial charge in [0.15, 0.2) is 12.6 Å². The van der Waals surface area contributed by atoms with E-state index >= 15 is 0 Å². The van der Waals surface area contributed by atoms with Crippen LogP contribution in [-0.2, 0) is 47.8 Å². The molecule has 4 aliphatic heterocycles. The van der Waals surface area contributed by atoms with E-state index in [-0.39, 0.29) is 60.4 Å². The second-order valence-electron chi connectivity index (χ2n) is 17.7. The number of hydrogen-bond donors (Lipinski definition) is 2. The Morgan fingerprint density at radius 3 is 1.18 bits per heavy atom. The summed E-state index contributed by atoms with van der Waals surface area (Å²) in [6.07, 6.45) is 0.344. The maximum atomic E-state index is 12.2. The molecule has 0 aromatic heterocycles. The monoisotopic (exact) mass is 724 g/mol. The van der Waals surface area contributed by atoms with Crippen LogP contribution in [0.1, 0.15) is 107 Å². The number of amides is 6. The summed E-state index contributed by atoms with van der Waals surface area (Å²) < 4.78 is 24.8. The fourth-order valence-corrected chi connectivity index (χ4v) is 7.59. The van der Waals surface area contributed by atoms with Gasteiger partial charge in [0.2, 0.25) is 0 Å². The van der Waals surface area contributed by atoms with Crippen molar-refractivity contribution in [2.24, 2.45) is 27.1 Å². The minimum absolute atomic E-state index is 0.0379. The summed E-state index contributed by atoms with van der Waals surface area (Å²) in [6.45, 7) is 18.8. The molecule has 1 spiro atoms. The summed E-state index contributed by atoms with van der Waals surface area (Å²) in [4.78, 5) is 81.2. The largest absolute Gasteiger partial charge is 0.432 e. The average Bonchev–Trinajstić information content (AvgIpc) is 3.50. The van der Waals surface area contributed by atoms with Crippen LogP contribution < -0.4 is 10.6 Å². The second-order valence-corrected chi connectivity index (χ2v) is 17.7. The molecule has 6 amide bonds. The summed E-state index contributed by atoms with van der Waals surface area (Å²) in [5, 5.41) is 6.39. The molecule has 0 aliphatic carbocycles. The van der Waals surface area contributed by atoms with Crippen molar-refractivity contribution in [3.05, 3.63) is 0 Å². The maximum absolute atomic E-state index is 12.2. The van der Waals surface area contributed by atoms with Crippen LogP contribution in [0.3, 0.4) is 0 Å². The van der Waals surface area contributed by atoms with E-state index in [4.69, 9.17) is 28.6 Å². The number of nitrogens with one attached hydrogen (secondary N) is 2. The van der Waals surface area contributed by atoms with Gasteiger partial charge in [-0.2, -0.15) is 0 Å². The van der Waals surface area contributed by atoms with E-state index in [1.165, 1.54) is 0 Å². The van der Waals surface area contributed by atoms with Crippen molar-refractivity contribution in [3.8, 4) is 0 Å². The molecule has 0 atom stereocenters. The van der Waals surface area contributed by atoms with Crippen LogP contribution in [0.5, 0.6) is 0 Å². The predicted octanol–water partition coefficient (Wildman–Crippen LogP) is 3.96. The van der Waals surface area contributed by atoms with Gasteiger partial charge in [0.1, 0.15) is 0 Å². The number of carbonyl (C=O) groups excluding carboxylic acids is 6. The van der Waals surface area contributed by atoms with Crippen molar-refractivity contribution in [2.45, 2.75) is 119 Å². The maximum Gasteiger partial charge on any atom is 0.432 e. The molecule has 4 saturated heterocycles. The zero-order chi connectivity index (χ0) is 37.8. The molecule has 4 fully saturated rings. The molecule has 2 N–H and O–H groups in total. The molecule has 51 heavy (non-hydrogen) atoms. The van der Waals surface area contributed by atoms with Crippen molar-refractivity contribution < 1.29 is 57.4 Å². The molecule has 0 aromatic rings. The number of hydroxylamine groups is 4. The lowest BCUT2D eigenvalue weighted by molar-refractivity contribution is -0.310. The minimum atomic E-state index is -0.842. The second kappa shape index (κ2) is 15.7. The van der Waals surface area contributed by atoms with Gasteiger partial charge < -0.3 is 39.3 Å². The van der Waals surface area contributed by atoms with Crippen LogP contribution >= 0.6 is 0 Å². The number of imide groups is 2. The highest BCUT2D eigenvalue weighted by Crippen LogP contribution is 2.42. The molecule has 0 aromatic carbocycles. The van der Waals surface area contributed by atoms with Crippen molar-refractivity contribution >= 4 is 35.8 Å². The van der Waals surface area contributed by atoms with Crippen LogP contribution in [0.2, 0.25) is 0 Å². The van der Waals surface area contributed by atoms with Crippen LogP contribution in [0.25, 0.3) is 0 Å². The van der Waals surface area contributed by atoms with Gasteiger partial charge in [-0.15, -0.1) is 10.1 Å². The first-order valence-corrected chi connectivity index (χ1v) is 17.7. The van der Waals surface area contributed by atoms with Crippen molar-refractivity contribution in [1.82, 2.24) is 20.8 Å². The third-order valence-electron chi connectivity index (χ3n) is 9.44. The summed E-state index contributed by atoms with van der Waals surface area (Å²) in [5.74, 6) is -2.10. The van der Waals surface area contributed by atoms with Gasteiger partial charge in [-0.1, -0.05) is 55.4 Å². The Kier molecular flexibility index (Phi) is 12.5. The van der Waals surface area contributed by atoms with Gasteiger partial charge in [-0.25, -0.2) is 9.59 Å². The fraction of sp³-hybridized carbons (Fsp3) is 0.829. The Labute approximate surface area is 299 Å². The number of rotatable bonds is 14. The first kappa shape index (κ1) is 40.4. The molecule has 16 heteroatoms. The number of carbonyl (C=O) groups is 6. The summed E-state index contributed by atoms with van der Waals surface area (Å²) in [5.41, 5.74) is -1.50. The average molecular weight is 725 g/mol. The van der Waals surface area contributed by atoms with Gasteiger partial charge in [0, 0.05) is 51.6 Å². The smallest absolute Gasteiger partial charge is 0.352 e. The lowest BCUT2D eigenvalue weighted by Gasteiger charge is -2.46. The van der Waals surface area contributed by atoms with Gasteiger partial charge in [-0.05, 0) is 34.5 Å². The molecular weight excluding hydrogens is 668 g/mol. The molecule has 16 nitrogen and oxygen atoms in total. The van der Waals surface area contributed by atoms with Gasteiger partial charge in [0.25, 0.3) is 23.6 Å². The molecule has 4 rings (SSSR count). The molecule has 0 bridgehead atoms. The third kappa shape index (κ3) is 11.8. The van der Waals surface area contributed by atoms with Gasteiger partial charge >= 0.3 is 12.2 Å². The lowest BCUT2D eigenvalue weighted by Crippen LogP contribution is -2.53. The minimum Gasteiger partial charge on any atom is -0.352 e. The van der Waals surface area contributed by atoms with Crippen LogP contribution in [-0.4, -0.2) is 98.0 Å². The first-order chi connectivity index (χ1) is 23.6. The van der Waals surface area contributed by atoms with E-state index < -0.39 is 53.8 Å². The van der Waals surface area contributed by atoms with Crippen molar-refractivity contribution in [2.75, 3.05) is 39.5 Å². The van der Waals surface area contributed by atoms with E-state index in [0.717, 1.165) is 12.8 Å². The van der Waals surface area contributed by atoms with Crippen LogP contribution in [0, 0.1) is 27.1 Å². The molecule has 288 valence electrons. The Morgan fingerprint density at radius 1 is 0.588 bits per heavy atom. The normalized spacial score (nSPS) is 25.1. The van der Waals surface area contributed by atoms with E-state index in [1.54, 1.807) is 0 Å². The number of nitrogens with zero attached hydrogens (tertiary/aromatic N) is 2. The lowest BCUT2D eigenvalue weighted by atomic mass is 9.73. The van der Waals surface area contributed by atoms with Crippen LogP contribution in [0.15, 0.2) is 0 Å². The Hall–Kier alpha value is -3.34. The van der Waals surface area contributed by atoms with Crippen molar-refractivity contribution in [3.63, 3.8) is 0 Å². The SMILES string of the molecule is CC(C)(CNC(=O)ON1C(=O)CCC1=O)CC(C)(C)CC1OCC2(CO1)COC(CC(C)(C)CC(C)(C)CNC(=O)ON1C(=O)CCC1=O)OC2. The number of hydrogen-bond acceptors (Lipinski definition) is 12. The zero-order valence-corrected chi connectivity index (χ0v) is 31.3. The Bertz CT molecular complexity index is 1190. The summed E-state index contributed by atoms with van der Waals surface area (Å²) in [6, 6.07) is 0. The van der Waals surface area contributed by atoms with Gasteiger partial charge in [-0.3, -0.25) is 19.2 Å². The number of ether oxygens (including phenoxy) is 4. The quantitative estimate of drug-likeness (QED) is 0.246. The molecular formula is C35H56N4O12. The zero-order valence-electron chi connectivity index (χ0n) is 31.3. The molecule has 4 heterocycles. The Balaban J connectivity index is 1.14. The highest BCUT2D eigenvalue weighted by molar-refractivity contribution is 6.02. The van der Waals surface area contributed by atoms with Gasteiger partial charge in [0.05, 0.1) is 31.8 Å².